The molecule has 0 radical (unpaired) electrons. The molecule has 2 aromatic heterocycles. The second-order valence-corrected chi connectivity index (χ2v) is 8.65. The topological polar surface area (TPSA) is 136 Å². The summed E-state index contributed by atoms with van der Waals surface area (Å²) in [5, 5.41) is 22.8. The Balaban J connectivity index is 1.72. The van der Waals surface area contributed by atoms with Crippen LogP contribution in [0.15, 0.2) is 64.6 Å². The number of ether oxygens (including phenoxy) is 2. The number of rotatable bonds is 7. The molecule has 0 unspecified atom stereocenters. The Bertz CT molecular complexity index is 1790. The highest BCUT2D eigenvalue weighted by molar-refractivity contribution is 6.30. The van der Waals surface area contributed by atoms with E-state index in [2.05, 4.69) is 10.1 Å². The second kappa shape index (κ2) is 11.3. The van der Waals surface area contributed by atoms with Crippen LogP contribution in [0.2, 0.25) is 5.02 Å². The van der Waals surface area contributed by atoms with Crippen molar-refractivity contribution in [1.82, 2.24) is 19.3 Å². The fourth-order valence-corrected chi connectivity index (χ4v) is 3.87. The quantitative estimate of drug-likeness (QED) is 0.325. The van der Waals surface area contributed by atoms with Crippen molar-refractivity contribution in [2.45, 2.75) is 19.3 Å². The van der Waals surface area contributed by atoms with Gasteiger partial charge >= 0.3 is 6.18 Å². The summed E-state index contributed by atoms with van der Waals surface area (Å²) in [6, 6.07) is 13.8. The maximum absolute atomic E-state index is 13.7. The maximum Gasteiger partial charge on any atom is 0.437 e. The zero-order valence-electron chi connectivity index (χ0n) is 20.4. The van der Waals surface area contributed by atoms with Gasteiger partial charge in [0.15, 0.2) is 5.69 Å². The Morgan fingerprint density at radius 1 is 1.00 bits per heavy atom. The van der Waals surface area contributed by atoms with Gasteiger partial charge in [0.05, 0.1) is 44.4 Å². The molecule has 0 aliphatic heterocycles. The number of hydrogen-bond acceptors (Lipinski definition) is 8. The molecule has 0 aliphatic carbocycles. The van der Waals surface area contributed by atoms with Crippen LogP contribution in [0.4, 0.5) is 13.2 Å². The number of alkyl halides is 3. The number of benzene rings is 2. The number of methoxy groups -OCH3 is 1. The van der Waals surface area contributed by atoms with E-state index in [1.807, 2.05) is 0 Å². The maximum atomic E-state index is 13.7. The van der Waals surface area contributed by atoms with Gasteiger partial charge in [-0.25, -0.2) is 9.67 Å². The minimum absolute atomic E-state index is 0.00762. The highest BCUT2D eigenvalue weighted by atomic mass is 35.5. The van der Waals surface area contributed by atoms with Gasteiger partial charge in [0.2, 0.25) is 5.75 Å². The molecule has 0 aliphatic rings. The van der Waals surface area contributed by atoms with E-state index >= 15 is 0 Å². The summed E-state index contributed by atoms with van der Waals surface area (Å²) in [6.45, 7) is -0.476. The van der Waals surface area contributed by atoms with E-state index in [4.69, 9.17) is 26.3 Å². The smallest absolute Gasteiger partial charge is 0.437 e. The molecule has 10 nitrogen and oxygen atoms in total. The average Bonchev–Trinajstić information content (AvgIpc) is 2.92. The van der Waals surface area contributed by atoms with Crippen molar-refractivity contribution in [3.8, 4) is 29.4 Å². The zero-order valence-corrected chi connectivity index (χ0v) is 21.2. The lowest BCUT2D eigenvalue weighted by atomic mass is 10.1. The number of nitrogens with zero attached hydrogens (tertiary/aromatic N) is 6. The van der Waals surface area contributed by atoms with Crippen molar-refractivity contribution >= 4 is 11.6 Å². The molecule has 4 rings (SSSR count). The van der Waals surface area contributed by atoms with Crippen LogP contribution in [0.1, 0.15) is 27.9 Å². The number of hydrogen-bond donors (Lipinski definition) is 0. The molecule has 0 saturated heterocycles. The molecule has 202 valence electrons. The van der Waals surface area contributed by atoms with Crippen molar-refractivity contribution in [2.75, 3.05) is 7.11 Å². The summed E-state index contributed by atoms with van der Waals surface area (Å²) in [7, 11) is 1.51. The summed E-state index contributed by atoms with van der Waals surface area (Å²) in [5.74, 6) is -0.871. The van der Waals surface area contributed by atoms with Crippen LogP contribution in [0.5, 0.6) is 17.2 Å². The Kier molecular flexibility index (Phi) is 7.88. The fraction of sp³-hybridized carbons (Fsp3) is 0.154. The van der Waals surface area contributed by atoms with Gasteiger partial charge < -0.3 is 9.47 Å². The van der Waals surface area contributed by atoms with Gasteiger partial charge in [-0.3, -0.25) is 14.2 Å². The van der Waals surface area contributed by atoms with Crippen LogP contribution < -0.4 is 20.6 Å². The van der Waals surface area contributed by atoms with Crippen molar-refractivity contribution in [3.05, 3.63) is 109 Å². The van der Waals surface area contributed by atoms with Gasteiger partial charge in [0, 0.05) is 10.6 Å². The zero-order chi connectivity index (χ0) is 29.0. The minimum atomic E-state index is -5.06. The van der Waals surface area contributed by atoms with E-state index in [1.54, 1.807) is 36.4 Å². The number of halogens is 4. The summed E-state index contributed by atoms with van der Waals surface area (Å²) in [5.41, 5.74) is -3.33. The summed E-state index contributed by atoms with van der Waals surface area (Å²) in [4.78, 5) is 29.4. The lowest BCUT2D eigenvalue weighted by Crippen LogP contribution is -2.30. The molecule has 4 aromatic rings. The molecule has 14 heteroatoms. The monoisotopic (exact) mass is 568 g/mol. The van der Waals surface area contributed by atoms with Crippen LogP contribution in [0.25, 0.3) is 0 Å². The molecule has 0 N–H and O–H groups in total. The number of nitriles is 2. The number of aromatic nitrogens is 4. The highest BCUT2D eigenvalue weighted by Gasteiger charge is 2.39. The first kappa shape index (κ1) is 27.9. The van der Waals surface area contributed by atoms with E-state index in [-0.39, 0.29) is 34.0 Å². The molecule has 40 heavy (non-hydrogen) atoms. The van der Waals surface area contributed by atoms with Gasteiger partial charge in [-0.15, -0.1) is 0 Å². The molecule has 0 fully saturated rings. The van der Waals surface area contributed by atoms with E-state index in [0.29, 0.717) is 17.6 Å². The van der Waals surface area contributed by atoms with Crippen molar-refractivity contribution in [1.29, 1.82) is 10.5 Å². The van der Waals surface area contributed by atoms with Gasteiger partial charge in [0.25, 0.3) is 11.1 Å². The largest absolute Gasteiger partial charge is 0.497 e. The molecule has 2 aromatic carbocycles. The third-order valence-electron chi connectivity index (χ3n) is 5.55. The summed E-state index contributed by atoms with van der Waals surface area (Å²) < 4.78 is 53.2. The Labute approximate surface area is 228 Å². The van der Waals surface area contributed by atoms with E-state index in [9.17, 15) is 28.0 Å². The third-order valence-corrected chi connectivity index (χ3v) is 5.77. The van der Waals surface area contributed by atoms with Gasteiger partial charge in [-0.2, -0.15) is 28.8 Å². The van der Waals surface area contributed by atoms with E-state index in [1.165, 1.54) is 19.4 Å². The third kappa shape index (κ3) is 5.95. The molecule has 0 amide bonds. The van der Waals surface area contributed by atoms with Gasteiger partial charge in [-0.1, -0.05) is 23.7 Å². The summed E-state index contributed by atoms with van der Waals surface area (Å²) >= 11 is 5.90. The first-order valence-corrected chi connectivity index (χ1v) is 11.6. The van der Waals surface area contributed by atoms with Crippen molar-refractivity contribution in [2.24, 2.45) is 0 Å². The average molecular weight is 569 g/mol. The fourth-order valence-electron chi connectivity index (χ4n) is 3.64. The van der Waals surface area contributed by atoms with Crippen LogP contribution in [-0.2, 0) is 19.3 Å². The van der Waals surface area contributed by atoms with Crippen LogP contribution in [0.3, 0.4) is 0 Å². The predicted molar refractivity (Wildman–Crippen MR) is 134 cm³/mol. The van der Waals surface area contributed by atoms with Crippen molar-refractivity contribution in [3.63, 3.8) is 0 Å². The lowest BCUT2D eigenvalue weighted by Gasteiger charge is -2.15. The van der Waals surface area contributed by atoms with Crippen LogP contribution >= 0.6 is 11.6 Å². The van der Waals surface area contributed by atoms with Crippen LogP contribution in [-0.4, -0.2) is 26.4 Å². The first-order chi connectivity index (χ1) is 19.0. The standard InChI is InChI=1S/C26H16ClF3N6O4/c1-39-19-4-2-15(3-5-19)12-36-24(37)21(10-32)17(11-34-36)13-35-14-33-23(26(28,29)30)22(25(35)38)40-20-7-16(9-31)6-18(27)8-20/h2-8,11,14H,12-13H2,1H3. The molecular weight excluding hydrogens is 553 g/mol. The molecular formula is C26H16ClF3N6O4. The Morgan fingerprint density at radius 3 is 2.35 bits per heavy atom. The molecule has 0 spiro atoms. The Hall–Kier alpha value is -5.14. The lowest BCUT2D eigenvalue weighted by molar-refractivity contribution is -0.142. The highest BCUT2D eigenvalue weighted by Crippen LogP contribution is 2.35. The minimum Gasteiger partial charge on any atom is -0.497 e. The van der Waals surface area contributed by atoms with E-state index in [0.717, 1.165) is 21.4 Å². The molecule has 2 heterocycles. The SMILES string of the molecule is COc1ccc(Cn2ncc(Cn3cnc(C(F)(F)F)c(Oc4cc(Cl)cc(C#N)c4)c3=O)c(C#N)c2=O)cc1. The van der Waals surface area contributed by atoms with Crippen LogP contribution in [0, 0.1) is 22.7 Å². The first-order valence-electron chi connectivity index (χ1n) is 11.2. The normalized spacial score (nSPS) is 11.0. The van der Waals surface area contributed by atoms with Gasteiger partial charge in [-0.05, 0) is 35.9 Å². The molecule has 0 bridgehead atoms. The van der Waals surface area contributed by atoms with E-state index < -0.39 is 35.3 Å². The molecule has 0 atom stereocenters. The van der Waals surface area contributed by atoms with Crippen molar-refractivity contribution < 1.29 is 22.6 Å². The predicted octanol–water partition coefficient (Wildman–Crippen LogP) is 4.11. The molecule has 0 saturated carbocycles. The summed E-state index contributed by atoms with van der Waals surface area (Å²) in [6.07, 6.45) is -3.27. The second-order valence-electron chi connectivity index (χ2n) is 8.21. The van der Waals surface area contributed by atoms with Gasteiger partial charge in [0.1, 0.15) is 23.1 Å². The Morgan fingerprint density at radius 2 is 1.73 bits per heavy atom.